The molecule has 1 aliphatic heterocycles. The van der Waals surface area contributed by atoms with Crippen LogP contribution in [0.1, 0.15) is 48.1 Å². The fourth-order valence-electron chi connectivity index (χ4n) is 2.77. The molecule has 3 heterocycles. The van der Waals surface area contributed by atoms with E-state index in [2.05, 4.69) is 0 Å². The molecule has 0 saturated carbocycles. The second-order valence-corrected chi connectivity index (χ2v) is 5.96. The van der Waals surface area contributed by atoms with Gasteiger partial charge in [-0.15, -0.1) is 0 Å². The van der Waals surface area contributed by atoms with Crippen molar-refractivity contribution >= 4 is 23.4 Å². The van der Waals surface area contributed by atoms with Gasteiger partial charge >= 0.3 is 5.97 Å². The molecule has 2 aromatic rings. The smallest absolute Gasteiger partial charge is 0.315 e. The maximum atomic E-state index is 12.5. The number of carbonyl (C=O) groups is 2. The van der Waals surface area contributed by atoms with E-state index in [9.17, 15) is 9.59 Å². The van der Waals surface area contributed by atoms with Gasteiger partial charge in [0.15, 0.2) is 5.76 Å². The van der Waals surface area contributed by atoms with Crippen LogP contribution in [0, 0.1) is 0 Å². The predicted molar refractivity (Wildman–Crippen MR) is 80.2 cm³/mol. The van der Waals surface area contributed by atoms with Crippen LogP contribution in [0.25, 0.3) is 0 Å². The van der Waals surface area contributed by atoms with Crippen molar-refractivity contribution in [2.45, 2.75) is 38.8 Å². The van der Waals surface area contributed by atoms with Gasteiger partial charge in [-0.2, -0.15) is 0 Å². The lowest BCUT2D eigenvalue weighted by molar-refractivity contribution is -0.149. The Morgan fingerprint density at radius 3 is 2.77 bits per heavy atom. The summed E-state index contributed by atoms with van der Waals surface area (Å²) in [6.07, 6.45) is 1.86. The molecule has 1 unspecified atom stereocenters. The molecule has 1 atom stereocenters. The zero-order valence-corrected chi connectivity index (χ0v) is 13.1. The molecule has 0 amide bonds. The number of fused-ring (bicyclic) bond motifs is 1. The van der Waals surface area contributed by atoms with Gasteiger partial charge in [-0.25, -0.2) is 0 Å². The molecule has 0 spiro atoms. The van der Waals surface area contributed by atoms with Crippen LogP contribution < -0.4 is 0 Å². The Hall–Kier alpha value is -2.01. The molecule has 5 nitrogen and oxygen atoms in total. The summed E-state index contributed by atoms with van der Waals surface area (Å²) >= 11 is 5.94. The Kier molecular flexibility index (Phi) is 3.83. The lowest BCUT2D eigenvalue weighted by Gasteiger charge is -2.12. The first-order valence-electron chi connectivity index (χ1n) is 7.16. The van der Waals surface area contributed by atoms with Crippen molar-refractivity contribution in [1.82, 2.24) is 4.57 Å². The highest BCUT2D eigenvalue weighted by molar-refractivity contribution is 6.34. The predicted octanol–water partition coefficient (Wildman–Crippen LogP) is 3.40. The number of ether oxygens (including phenoxy) is 1. The highest BCUT2D eigenvalue weighted by atomic mass is 35.5. The molecule has 22 heavy (non-hydrogen) atoms. The monoisotopic (exact) mass is 321 g/mol. The zero-order chi connectivity index (χ0) is 15.9. The van der Waals surface area contributed by atoms with Crippen LogP contribution in [-0.4, -0.2) is 22.4 Å². The number of ketones is 1. The molecule has 0 fully saturated rings. The largest absolute Gasteiger partial charge is 0.462 e. The number of esters is 1. The Bertz CT molecular complexity index is 728. The maximum absolute atomic E-state index is 12.5. The van der Waals surface area contributed by atoms with Crippen LogP contribution in [0.3, 0.4) is 0 Å². The molecular weight excluding hydrogens is 306 g/mol. The molecule has 0 saturated heterocycles. The highest BCUT2D eigenvalue weighted by Crippen LogP contribution is 2.33. The Balaban J connectivity index is 1.89. The number of furan rings is 1. The number of carbonyl (C=O) groups excluding carboxylic acids is 2. The highest BCUT2D eigenvalue weighted by Gasteiger charge is 2.34. The van der Waals surface area contributed by atoms with Gasteiger partial charge in [-0.3, -0.25) is 9.59 Å². The Labute approximate surface area is 132 Å². The summed E-state index contributed by atoms with van der Waals surface area (Å²) in [6.45, 7) is 4.24. The number of hydrogen-bond acceptors (Lipinski definition) is 4. The molecule has 0 N–H and O–H groups in total. The molecule has 3 rings (SSSR count). The third-order valence-corrected chi connectivity index (χ3v) is 4.00. The van der Waals surface area contributed by atoms with E-state index < -0.39 is 0 Å². The lowest BCUT2D eigenvalue weighted by atomic mass is 10.1. The van der Waals surface area contributed by atoms with E-state index in [1.807, 2.05) is 18.4 Å². The van der Waals surface area contributed by atoms with Crippen molar-refractivity contribution in [3.8, 4) is 0 Å². The maximum Gasteiger partial charge on any atom is 0.315 e. The second kappa shape index (κ2) is 5.65. The fraction of sp³-hybridized carbons (Fsp3) is 0.375. The third kappa shape index (κ3) is 2.46. The molecule has 0 bridgehead atoms. The van der Waals surface area contributed by atoms with E-state index >= 15 is 0 Å². The topological polar surface area (TPSA) is 61.4 Å². The number of hydrogen-bond donors (Lipinski definition) is 0. The zero-order valence-electron chi connectivity index (χ0n) is 12.3. The standard InChI is InChI=1S/C16H16ClNO4/c1-9(2)22-16(20)10-5-7-18-12(10)3-4-13(18)14(19)15-11(17)6-8-21-15/h3-4,6,8-10H,5,7H2,1-2H3. The molecular formula is C16H16ClNO4. The van der Waals surface area contributed by atoms with E-state index in [0.29, 0.717) is 18.7 Å². The quantitative estimate of drug-likeness (QED) is 0.639. The first-order chi connectivity index (χ1) is 10.5. The van der Waals surface area contributed by atoms with Gasteiger partial charge in [0.1, 0.15) is 0 Å². The summed E-state index contributed by atoms with van der Waals surface area (Å²) in [5.74, 6) is -0.729. The van der Waals surface area contributed by atoms with Crippen LogP contribution in [0.15, 0.2) is 28.9 Å². The summed E-state index contributed by atoms with van der Waals surface area (Å²) in [5.41, 5.74) is 1.28. The van der Waals surface area contributed by atoms with Gasteiger partial charge in [-0.05, 0) is 38.5 Å². The molecule has 2 aromatic heterocycles. The minimum atomic E-state index is -0.323. The minimum absolute atomic E-state index is 0.121. The van der Waals surface area contributed by atoms with Crippen molar-refractivity contribution < 1.29 is 18.7 Å². The summed E-state index contributed by atoms with van der Waals surface area (Å²) in [6, 6.07) is 5.03. The number of aromatic nitrogens is 1. The molecule has 0 radical (unpaired) electrons. The van der Waals surface area contributed by atoms with Crippen molar-refractivity contribution in [1.29, 1.82) is 0 Å². The van der Waals surface area contributed by atoms with E-state index in [-0.39, 0.29) is 34.6 Å². The second-order valence-electron chi connectivity index (χ2n) is 5.55. The first-order valence-corrected chi connectivity index (χ1v) is 7.54. The molecule has 0 aromatic carbocycles. The third-order valence-electron chi connectivity index (χ3n) is 3.71. The average Bonchev–Trinajstić information content (AvgIpc) is 3.11. The molecule has 1 aliphatic rings. The van der Waals surface area contributed by atoms with Crippen molar-refractivity contribution in [2.75, 3.05) is 0 Å². The van der Waals surface area contributed by atoms with Gasteiger partial charge in [-0.1, -0.05) is 11.6 Å². The van der Waals surface area contributed by atoms with E-state index in [4.69, 9.17) is 20.8 Å². The number of halogens is 1. The summed E-state index contributed by atoms with van der Waals surface area (Å²) in [4.78, 5) is 24.6. The van der Waals surface area contributed by atoms with Crippen molar-refractivity contribution in [2.24, 2.45) is 0 Å². The van der Waals surface area contributed by atoms with Crippen LogP contribution in [0.4, 0.5) is 0 Å². The Morgan fingerprint density at radius 2 is 2.14 bits per heavy atom. The Morgan fingerprint density at radius 1 is 1.36 bits per heavy atom. The molecule has 0 aliphatic carbocycles. The van der Waals surface area contributed by atoms with Gasteiger partial charge in [0, 0.05) is 12.2 Å². The average molecular weight is 322 g/mol. The van der Waals surface area contributed by atoms with Crippen LogP contribution in [0.2, 0.25) is 5.02 Å². The van der Waals surface area contributed by atoms with Gasteiger partial charge in [0.05, 0.1) is 29.0 Å². The number of nitrogens with zero attached hydrogens (tertiary/aromatic N) is 1. The van der Waals surface area contributed by atoms with Crippen molar-refractivity contribution in [3.05, 3.63) is 46.6 Å². The van der Waals surface area contributed by atoms with Crippen LogP contribution in [0.5, 0.6) is 0 Å². The summed E-state index contributed by atoms with van der Waals surface area (Å²) in [7, 11) is 0. The molecule has 116 valence electrons. The van der Waals surface area contributed by atoms with E-state index in [0.717, 1.165) is 5.69 Å². The van der Waals surface area contributed by atoms with E-state index in [1.54, 1.807) is 12.1 Å². The van der Waals surface area contributed by atoms with Gasteiger partial charge in [0.2, 0.25) is 5.78 Å². The molecule has 6 heteroatoms. The fourth-order valence-corrected chi connectivity index (χ4v) is 2.95. The lowest BCUT2D eigenvalue weighted by Crippen LogP contribution is -2.18. The minimum Gasteiger partial charge on any atom is -0.462 e. The first kappa shape index (κ1) is 14.9. The van der Waals surface area contributed by atoms with Gasteiger partial charge < -0.3 is 13.7 Å². The summed E-state index contributed by atoms with van der Waals surface area (Å²) in [5, 5.41) is 0.286. The number of rotatable bonds is 4. The normalized spacial score (nSPS) is 16.8. The van der Waals surface area contributed by atoms with Crippen molar-refractivity contribution in [3.63, 3.8) is 0 Å². The van der Waals surface area contributed by atoms with Crippen LogP contribution >= 0.6 is 11.6 Å². The SMILES string of the molecule is CC(C)OC(=O)C1CCn2c(C(=O)c3occc3Cl)ccc21. The van der Waals surface area contributed by atoms with Gasteiger partial charge in [0.25, 0.3) is 0 Å². The van der Waals surface area contributed by atoms with Crippen LogP contribution in [-0.2, 0) is 16.1 Å². The summed E-state index contributed by atoms with van der Waals surface area (Å²) < 4.78 is 12.3. The van der Waals surface area contributed by atoms with E-state index in [1.165, 1.54) is 12.3 Å².